The number of nitrogens with zero attached hydrogens (tertiary/aromatic N) is 1. The van der Waals surface area contributed by atoms with Crippen LogP contribution in [0, 0.1) is 0 Å². The summed E-state index contributed by atoms with van der Waals surface area (Å²) in [6.07, 6.45) is 3.73. The molecule has 1 heterocycles. The van der Waals surface area contributed by atoms with Gasteiger partial charge in [-0.3, -0.25) is 9.78 Å². The fraction of sp³-hybridized carbons (Fsp3) is 0.182. The summed E-state index contributed by atoms with van der Waals surface area (Å²) in [4.78, 5) is 25.9. The number of hydrogen-bond acceptors (Lipinski definition) is 5. The van der Waals surface area contributed by atoms with Gasteiger partial charge >= 0.3 is 24.8 Å². The number of carbonyl (C=O) groups is 2. The molecule has 0 bridgehead atoms. The predicted octanol–water partition coefficient (Wildman–Crippen LogP) is 0.464. The predicted molar refractivity (Wildman–Crippen MR) is 63.6 cm³/mol. The minimum absolute atomic E-state index is 0. The molecule has 1 N–H and O–H groups in total. The molecule has 0 fully saturated rings. The van der Waals surface area contributed by atoms with Crippen LogP contribution in [0.5, 0.6) is 0 Å². The Labute approximate surface area is 111 Å². The van der Waals surface area contributed by atoms with E-state index in [0.29, 0.717) is 5.56 Å². The van der Waals surface area contributed by atoms with Crippen molar-refractivity contribution in [3.05, 3.63) is 36.2 Å². The van der Waals surface area contributed by atoms with Gasteiger partial charge in [0.05, 0.1) is 6.61 Å². The number of hydrogen-bond donors (Lipinski definition) is 1. The van der Waals surface area contributed by atoms with E-state index in [1.807, 2.05) is 0 Å². The first-order chi connectivity index (χ1) is 7.65. The van der Waals surface area contributed by atoms with Crippen LogP contribution in [-0.4, -0.2) is 47.3 Å². The van der Waals surface area contributed by atoms with Crippen LogP contribution in [0.4, 0.5) is 0 Å². The number of ketones is 1. The van der Waals surface area contributed by atoms with E-state index in [-0.39, 0.29) is 31.2 Å². The van der Waals surface area contributed by atoms with Gasteiger partial charge in [0.2, 0.25) is 0 Å². The average Bonchev–Trinajstić information content (AvgIpc) is 2.30. The van der Waals surface area contributed by atoms with E-state index in [1.165, 1.54) is 12.4 Å². The molecular weight excluding hydrogens is 217 g/mol. The summed E-state index contributed by atoms with van der Waals surface area (Å²) < 4.78 is 4.48. The van der Waals surface area contributed by atoms with Crippen molar-refractivity contribution in [2.75, 3.05) is 6.61 Å². The minimum atomic E-state index is -0.988. The molecule has 0 aliphatic heterocycles. The zero-order valence-corrected chi connectivity index (χ0v) is 8.71. The zero-order chi connectivity index (χ0) is 12.0. The number of pyridine rings is 1. The summed E-state index contributed by atoms with van der Waals surface area (Å²) in [6.45, 7) is 1.71. The van der Waals surface area contributed by atoms with Crippen molar-refractivity contribution in [2.24, 2.45) is 0 Å². The van der Waals surface area contributed by atoms with E-state index in [0.717, 1.165) is 6.08 Å². The molecule has 0 atom stereocenters. The van der Waals surface area contributed by atoms with Crippen LogP contribution in [-0.2, 0) is 14.3 Å². The van der Waals surface area contributed by atoms with E-state index >= 15 is 0 Å². The molecule has 5 nitrogen and oxygen atoms in total. The number of esters is 1. The third-order valence-electron chi connectivity index (χ3n) is 1.70. The summed E-state index contributed by atoms with van der Waals surface area (Å²) >= 11 is 0. The second kappa shape index (κ2) is 7.66. The first kappa shape index (κ1) is 15.4. The Balaban J connectivity index is 0.00000256. The number of rotatable bonds is 4. The van der Waals surface area contributed by atoms with Gasteiger partial charge in [0.1, 0.15) is 5.76 Å². The van der Waals surface area contributed by atoms with Crippen molar-refractivity contribution in [1.82, 2.24) is 4.98 Å². The Morgan fingerprint density at radius 3 is 2.76 bits per heavy atom. The van der Waals surface area contributed by atoms with Gasteiger partial charge in [0.15, 0.2) is 0 Å². The first-order valence-electron chi connectivity index (χ1n) is 4.67. The summed E-state index contributed by atoms with van der Waals surface area (Å²) in [5.74, 6) is -2.20. The summed E-state index contributed by atoms with van der Waals surface area (Å²) in [5, 5.41) is 9.50. The Kier molecular flexibility index (Phi) is 6.95. The monoisotopic (exact) mass is 229 g/mol. The molecule has 86 valence electrons. The fourth-order valence-electron chi connectivity index (χ4n) is 0.983. The molecule has 1 rings (SSSR count). The summed E-state index contributed by atoms with van der Waals surface area (Å²) in [7, 11) is 0. The molecule has 0 saturated carbocycles. The molecule has 0 saturated heterocycles. The van der Waals surface area contributed by atoms with E-state index in [2.05, 4.69) is 9.72 Å². The van der Waals surface area contributed by atoms with Crippen LogP contribution in [0.1, 0.15) is 12.5 Å². The van der Waals surface area contributed by atoms with Crippen molar-refractivity contribution in [2.45, 2.75) is 6.92 Å². The average molecular weight is 229 g/mol. The third kappa shape index (κ3) is 4.85. The molecule has 17 heavy (non-hydrogen) atoms. The van der Waals surface area contributed by atoms with Crippen LogP contribution in [0.2, 0.25) is 0 Å². The second-order valence-corrected chi connectivity index (χ2v) is 2.86. The third-order valence-corrected chi connectivity index (χ3v) is 1.70. The number of carbonyl (C=O) groups excluding carboxylic acids is 2. The molecule has 0 spiro atoms. The number of aliphatic hydroxyl groups excluding tert-OH is 1. The van der Waals surface area contributed by atoms with Crippen molar-refractivity contribution < 1.29 is 19.4 Å². The van der Waals surface area contributed by atoms with Gasteiger partial charge in [-0.15, -0.1) is 0 Å². The standard InChI is InChI=1S/C11H11NO4.Li.H/c1-2-16-11(15)10(14)6-9(13)8-4-3-5-12-7-8;;/h3-7,13H,2H2,1H3;;. The Morgan fingerprint density at radius 1 is 1.53 bits per heavy atom. The van der Waals surface area contributed by atoms with E-state index in [4.69, 9.17) is 0 Å². The van der Waals surface area contributed by atoms with Gasteiger partial charge < -0.3 is 9.84 Å². The van der Waals surface area contributed by atoms with Crippen molar-refractivity contribution >= 4 is 36.4 Å². The quantitative estimate of drug-likeness (QED) is 0.267. The molecule has 1 aromatic rings. The molecule has 1 aromatic heterocycles. The molecule has 6 heteroatoms. The van der Waals surface area contributed by atoms with Gasteiger partial charge in [-0.2, -0.15) is 0 Å². The fourth-order valence-corrected chi connectivity index (χ4v) is 0.983. The zero-order valence-electron chi connectivity index (χ0n) is 8.71. The van der Waals surface area contributed by atoms with Crippen molar-refractivity contribution in [1.29, 1.82) is 0 Å². The summed E-state index contributed by atoms with van der Waals surface area (Å²) in [6, 6.07) is 3.17. The number of ether oxygens (including phenoxy) is 1. The van der Waals surface area contributed by atoms with Gasteiger partial charge in [0, 0.05) is 24.0 Å². The van der Waals surface area contributed by atoms with E-state index in [1.54, 1.807) is 19.1 Å². The normalized spacial score (nSPS) is 10.3. The van der Waals surface area contributed by atoms with Crippen molar-refractivity contribution in [3.8, 4) is 0 Å². The molecule has 0 aromatic carbocycles. The van der Waals surface area contributed by atoms with E-state index in [9.17, 15) is 14.7 Å². The molecule has 0 aliphatic carbocycles. The number of aromatic nitrogens is 1. The topological polar surface area (TPSA) is 76.5 Å². The van der Waals surface area contributed by atoms with Gasteiger partial charge in [-0.05, 0) is 19.1 Å². The molecule has 0 unspecified atom stereocenters. The molecule has 0 radical (unpaired) electrons. The molecule has 0 aliphatic rings. The van der Waals surface area contributed by atoms with Gasteiger partial charge in [-0.1, -0.05) is 0 Å². The SMILES string of the molecule is CCOC(=O)C(=O)C=C(O)c1cccnc1.[LiH]. The van der Waals surface area contributed by atoms with Crippen molar-refractivity contribution in [3.63, 3.8) is 0 Å². The van der Waals surface area contributed by atoms with Crippen LogP contribution in [0.15, 0.2) is 30.6 Å². The van der Waals surface area contributed by atoms with Gasteiger partial charge in [0.25, 0.3) is 5.78 Å². The Morgan fingerprint density at radius 2 is 2.24 bits per heavy atom. The van der Waals surface area contributed by atoms with Crippen LogP contribution in [0.25, 0.3) is 5.76 Å². The van der Waals surface area contributed by atoms with Crippen LogP contribution in [0.3, 0.4) is 0 Å². The van der Waals surface area contributed by atoms with Gasteiger partial charge in [-0.25, -0.2) is 4.79 Å². The molecular formula is C11H12LiNO4. The maximum atomic E-state index is 11.2. The summed E-state index contributed by atoms with van der Waals surface area (Å²) in [5.41, 5.74) is 0.361. The van der Waals surface area contributed by atoms with E-state index < -0.39 is 11.8 Å². The van der Waals surface area contributed by atoms with Crippen LogP contribution >= 0.6 is 0 Å². The van der Waals surface area contributed by atoms with Crippen LogP contribution < -0.4 is 0 Å². The molecule has 0 amide bonds. The Bertz CT molecular complexity index is 417. The second-order valence-electron chi connectivity index (χ2n) is 2.86. The maximum absolute atomic E-state index is 11.2. The number of aliphatic hydroxyl groups is 1. The first-order valence-corrected chi connectivity index (χ1v) is 4.67. The Hall–Kier alpha value is -1.57.